The molecule has 1 aliphatic rings. The van der Waals surface area contributed by atoms with Crippen LogP contribution in [0.2, 0.25) is 0 Å². The van der Waals surface area contributed by atoms with E-state index in [0.29, 0.717) is 0 Å². The summed E-state index contributed by atoms with van der Waals surface area (Å²) in [7, 11) is 0. The molecule has 0 N–H and O–H groups in total. The highest BCUT2D eigenvalue weighted by molar-refractivity contribution is 5.32. The maximum Gasteiger partial charge on any atom is -0.0162 e. The van der Waals surface area contributed by atoms with E-state index in [4.69, 9.17) is 0 Å². The fraction of sp³-hybridized carbons (Fsp3) is 0.467. The van der Waals surface area contributed by atoms with Gasteiger partial charge in [0.25, 0.3) is 0 Å². The summed E-state index contributed by atoms with van der Waals surface area (Å²) in [4.78, 5) is 0. The molecule has 0 heterocycles. The SMILES string of the molecule is C=CC.CC[C@@H]1CCCc2ccccc21. The summed E-state index contributed by atoms with van der Waals surface area (Å²) in [5.74, 6) is 0.843. The zero-order valence-electron chi connectivity index (χ0n) is 10.00. The molecule has 0 nitrogen and oxygen atoms in total. The summed E-state index contributed by atoms with van der Waals surface area (Å²) >= 11 is 0. The van der Waals surface area contributed by atoms with E-state index in [0.717, 1.165) is 5.92 Å². The molecule has 1 atom stereocenters. The van der Waals surface area contributed by atoms with Gasteiger partial charge in [0.05, 0.1) is 0 Å². The number of aryl methyl sites for hydroxylation is 1. The Hall–Kier alpha value is -1.04. The molecule has 0 unspecified atom stereocenters. The number of allylic oxidation sites excluding steroid dienone is 1. The molecule has 1 aliphatic carbocycles. The Balaban J connectivity index is 0.000000337. The highest BCUT2D eigenvalue weighted by Gasteiger charge is 2.17. The lowest BCUT2D eigenvalue weighted by Crippen LogP contribution is -2.08. The number of hydrogen-bond acceptors (Lipinski definition) is 0. The molecular formula is C15H22. The molecule has 15 heavy (non-hydrogen) atoms. The maximum atomic E-state index is 3.36. The number of rotatable bonds is 1. The Morgan fingerprint density at radius 1 is 1.40 bits per heavy atom. The summed E-state index contributed by atoms with van der Waals surface area (Å²) in [6.45, 7) is 7.55. The monoisotopic (exact) mass is 202 g/mol. The smallest absolute Gasteiger partial charge is 0.0162 e. The van der Waals surface area contributed by atoms with E-state index < -0.39 is 0 Å². The van der Waals surface area contributed by atoms with Gasteiger partial charge in [-0.25, -0.2) is 0 Å². The summed E-state index contributed by atoms with van der Waals surface area (Å²) in [5.41, 5.74) is 3.21. The van der Waals surface area contributed by atoms with Gasteiger partial charge < -0.3 is 0 Å². The molecule has 0 fully saturated rings. The van der Waals surface area contributed by atoms with Gasteiger partial charge in [0.1, 0.15) is 0 Å². The predicted molar refractivity (Wildman–Crippen MR) is 68.3 cm³/mol. The first-order valence-electron chi connectivity index (χ1n) is 5.98. The molecule has 2 rings (SSSR count). The third-order valence-corrected chi connectivity index (χ3v) is 2.99. The minimum absolute atomic E-state index is 0.843. The van der Waals surface area contributed by atoms with Crippen molar-refractivity contribution in [1.29, 1.82) is 0 Å². The topological polar surface area (TPSA) is 0 Å². The Morgan fingerprint density at radius 3 is 2.73 bits per heavy atom. The zero-order chi connectivity index (χ0) is 11.1. The van der Waals surface area contributed by atoms with Crippen molar-refractivity contribution in [3.63, 3.8) is 0 Å². The van der Waals surface area contributed by atoms with Crippen LogP contribution in [-0.4, -0.2) is 0 Å². The van der Waals surface area contributed by atoms with Gasteiger partial charge in [0.2, 0.25) is 0 Å². The van der Waals surface area contributed by atoms with Crippen LogP contribution in [0.15, 0.2) is 36.9 Å². The van der Waals surface area contributed by atoms with E-state index in [1.54, 1.807) is 17.2 Å². The number of benzene rings is 1. The molecule has 0 heteroatoms. The van der Waals surface area contributed by atoms with Crippen molar-refractivity contribution in [3.8, 4) is 0 Å². The lowest BCUT2D eigenvalue weighted by atomic mass is 9.81. The molecule has 0 bridgehead atoms. The lowest BCUT2D eigenvalue weighted by Gasteiger charge is -2.23. The molecule has 0 aliphatic heterocycles. The van der Waals surface area contributed by atoms with Crippen molar-refractivity contribution in [2.75, 3.05) is 0 Å². The van der Waals surface area contributed by atoms with Crippen molar-refractivity contribution in [2.45, 2.75) is 45.4 Å². The Kier molecular flexibility index (Phi) is 5.17. The van der Waals surface area contributed by atoms with E-state index in [1.165, 1.54) is 25.7 Å². The fourth-order valence-corrected chi connectivity index (χ4v) is 2.28. The second-order valence-electron chi connectivity index (χ2n) is 4.10. The van der Waals surface area contributed by atoms with Crippen LogP contribution in [0.25, 0.3) is 0 Å². The average molecular weight is 202 g/mol. The van der Waals surface area contributed by atoms with Gasteiger partial charge in [-0.15, -0.1) is 6.58 Å². The highest BCUT2D eigenvalue weighted by atomic mass is 14.2. The van der Waals surface area contributed by atoms with E-state index >= 15 is 0 Å². The first-order valence-corrected chi connectivity index (χ1v) is 5.98. The van der Waals surface area contributed by atoms with Crippen molar-refractivity contribution in [3.05, 3.63) is 48.0 Å². The van der Waals surface area contributed by atoms with Crippen molar-refractivity contribution in [2.24, 2.45) is 0 Å². The lowest BCUT2D eigenvalue weighted by molar-refractivity contribution is 0.540. The van der Waals surface area contributed by atoms with Crippen molar-refractivity contribution in [1.82, 2.24) is 0 Å². The Bertz CT molecular complexity index is 299. The Labute approximate surface area is 94.0 Å². The minimum Gasteiger partial charge on any atom is -0.103 e. The molecule has 1 aromatic carbocycles. The maximum absolute atomic E-state index is 3.36. The summed E-state index contributed by atoms with van der Waals surface area (Å²) in [6.07, 6.45) is 7.13. The molecule has 0 saturated carbocycles. The van der Waals surface area contributed by atoms with Crippen molar-refractivity contribution >= 4 is 0 Å². The number of fused-ring (bicyclic) bond motifs is 1. The van der Waals surface area contributed by atoms with Crippen LogP contribution in [-0.2, 0) is 6.42 Å². The predicted octanol–water partition coefficient (Wildman–Crippen LogP) is 4.71. The van der Waals surface area contributed by atoms with Crippen LogP contribution in [0.1, 0.15) is 50.2 Å². The molecule has 0 radical (unpaired) electrons. The van der Waals surface area contributed by atoms with Crippen LogP contribution in [0.5, 0.6) is 0 Å². The largest absolute Gasteiger partial charge is 0.103 e. The van der Waals surface area contributed by atoms with E-state index in [1.807, 2.05) is 6.92 Å². The molecule has 0 saturated heterocycles. The minimum atomic E-state index is 0.843. The first kappa shape index (κ1) is 12.0. The van der Waals surface area contributed by atoms with Gasteiger partial charge >= 0.3 is 0 Å². The van der Waals surface area contributed by atoms with Crippen LogP contribution in [0, 0.1) is 0 Å². The third-order valence-electron chi connectivity index (χ3n) is 2.99. The molecule has 0 amide bonds. The third kappa shape index (κ3) is 3.23. The van der Waals surface area contributed by atoms with Crippen LogP contribution in [0.4, 0.5) is 0 Å². The molecular weight excluding hydrogens is 180 g/mol. The highest BCUT2D eigenvalue weighted by Crippen LogP contribution is 2.33. The molecule has 0 spiro atoms. The van der Waals surface area contributed by atoms with E-state index in [-0.39, 0.29) is 0 Å². The normalized spacial score (nSPS) is 18.4. The van der Waals surface area contributed by atoms with Gasteiger partial charge in [-0.3, -0.25) is 0 Å². The summed E-state index contributed by atoms with van der Waals surface area (Å²) in [6, 6.07) is 8.93. The first-order chi connectivity index (χ1) is 7.33. The quantitative estimate of drug-likeness (QED) is 0.579. The standard InChI is InChI=1S/C12H16.C3H6/c1-2-10-7-5-8-11-6-3-4-9-12(10)11;1-3-2/h3-4,6,9-10H,2,5,7-8H2,1H3;3H,1H2,2H3/t10-;/m1./s1. The van der Waals surface area contributed by atoms with Crippen LogP contribution >= 0.6 is 0 Å². The van der Waals surface area contributed by atoms with Crippen LogP contribution < -0.4 is 0 Å². The van der Waals surface area contributed by atoms with Crippen molar-refractivity contribution < 1.29 is 0 Å². The van der Waals surface area contributed by atoms with E-state index in [2.05, 4.69) is 37.8 Å². The molecule has 0 aromatic heterocycles. The van der Waals surface area contributed by atoms with Gasteiger partial charge in [-0.2, -0.15) is 0 Å². The van der Waals surface area contributed by atoms with Gasteiger partial charge in [0, 0.05) is 0 Å². The fourth-order valence-electron chi connectivity index (χ4n) is 2.28. The summed E-state index contributed by atoms with van der Waals surface area (Å²) in [5, 5.41) is 0. The second-order valence-corrected chi connectivity index (χ2v) is 4.10. The van der Waals surface area contributed by atoms with Crippen LogP contribution in [0.3, 0.4) is 0 Å². The second kappa shape index (κ2) is 6.44. The average Bonchev–Trinajstić information content (AvgIpc) is 2.29. The van der Waals surface area contributed by atoms with Gasteiger partial charge in [0.15, 0.2) is 0 Å². The van der Waals surface area contributed by atoms with Gasteiger partial charge in [-0.05, 0) is 49.7 Å². The zero-order valence-corrected chi connectivity index (χ0v) is 10.00. The molecule has 82 valence electrons. The number of hydrogen-bond donors (Lipinski definition) is 0. The Morgan fingerprint density at radius 2 is 2.07 bits per heavy atom. The summed E-state index contributed by atoms with van der Waals surface area (Å²) < 4.78 is 0. The van der Waals surface area contributed by atoms with Gasteiger partial charge in [-0.1, -0.05) is 37.3 Å². The molecule has 1 aromatic rings. The van der Waals surface area contributed by atoms with E-state index in [9.17, 15) is 0 Å².